The van der Waals surface area contributed by atoms with Crippen LogP contribution in [0.4, 0.5) is 5.69 Å². The van der Waals surface area contributed by atoms with E-state index in [4.69, 9.17) is 5.26 Å². The number of halogens is 1. The van der Waals surface area contributed by atoms with Gasteiger partial charge in [0, 0.05) is 23.4 Å². The highest BCUT2D eigenvalue weighted by molar-refractivity contribution is 9.10. The summed E-state index contributed by atoms with van der Waals surface area (Å²) in [7, 11) is 1.99. The third-order valence-electron chi connectivity index (χ3n) is 2.60. The van der Waals surface area contributed by atoms with Crippen molar-refractivity contribution in [3.63, 3.8) is 0 Å². The molecule has 0 amide bonds. The summed E-state index contributed by atoms with van der Waals surface area (Å²) in [5.74, 6) is 0. The number of nitrogens with zero attached hydrogens (tertiary/aromatic N) is 3. The number of rotatable bonds is 3. The molecular weight excluding hydrogens is 290 g/mol. The average Bonchev–Trinajstić information content (AvgIpc) is 2.41. The van der Waals surface area contributed by atoms with Gasteiger partial charge in [0.15, 0.2) is 0 Å². The molecule has 0 saturated carbocycles. The van der Waals surface area contributed by atoms with Gasteiger partial charge in [-0.15, -0.1) is 0 Å². The van der Waals surface area contributed by atoms with Gasteiger partial charge in [-0.25, -0.2) is 0 Å². The van der Waals surface area contributed by atoms with Crippen LogP contribution in [0.2, 0.25) is 0 Å². The standard InChI is InChI=1S/C14H12BrN3/c1-18(10-13-6-5-12(15)9-17-13)14-4-2-3-11(7-14)8-16/h2-7,9H,10H2,1H3. The summed E-state index contributed by atoms with van der Waals surface area (Å²) in [6, 6.07) is 13.6. The van der Waals surface area contributed by atoms with Crippen LogP contribution in [-0.2, 0) is 6.54 Å². The summed E-state index contributed by atoms with van der Waals surface area (Å²) < 4.78 is 0.973. The monoisotopic (exact) mass is 301 g/mol. The van der Waals surface area contributed by atoms with Crippen LogP contribution in [-0.4, -0.2) is 12.0 Å². The van der Waals surface area contributed by atoms with Crippen molar-refractivity contribution in [3.05, 3.63) is 58.3 Å². The number of nitriles is 1. The minimum Gasteiger partial charge on any atom is -0.369 e. The topological polar surface area (TPSA) is 39.9 Å². The second-order valence-electron chi connectivity index (χ2n) is 3.99. The largest absolute Gasteiger partial charge is 0.369 e. The molecule has 90 valence electrons. The van der Waals surface area contributed by atoms with Crippen molar-refractivity contribution < 1.29 is 0 Å². The molecule has 0 spiro atoms. The Bertz CT molecular complexity index is 572. The molecule has 0 aliphatic carbocycles. The molecular formula is C14H12BrN3. The summed E-state index contributed by atoms with van der Waals surface area (Å²) >= 11 is 3.36. The highest BCUT2D eigenvalue weighted by Crippen LogP contribution is 2.17. The fourth-order valence-corrected chi connectivity index (χ4v) is 1.88. The SMILES string of the molecule is CN(Cc1ccc(Br)cn1)c1cccc(C#N)c1. The highest BCUT2D eigenvalue weighted by Gasteiger charge is 2.04. The molecule has 2 aromatic rings. The molecule has 0 unspecified atom stereocenters. The van der Waals surface area contributed by atoms with Crippen molar-refractivity contribution in [2.75, 3.05) is 11.9 Å². The first-order valence-corrected chi connectivity index (χ1v) is 6.30. The van der Waals surface area contributed by atoms with Crippen molar-refractivity contribution in [1.29, 1.82) is 5.26 Å². The summed E-state index contributed by atoms with van der Waals surface area (Å²) in [5.41, 5.74) is 2.67. The molecule has 0 aliphatic heterocycles. The lowest BCUT2D eigenvalue weighted by Gasteiger charge is -2.18. The number of hydrogen-bond acceptors (Lipinski definition) is 3. The summed E-state index contributed by atoms with van der Waals surface area (Å²) in [6.07, 6.45) is 1.79. The second kappa shape index (κ2) is 5.65. The van der Waals surface area contributed by atoms with Gasteiger partial charge < -0.3 is 4.90 Å². The van der Waals surface area contributed by atoms with E-state index in [9.17, 15) is 0 Å². The quantitative estimate of drug-likeness (QED) is 0.873. The third kappa shape index (κ3) is 3.08. The Morgan fingerprint density at radius 2 is 2.17 bits per heavy atom. The Balaban J connectivity index is 2.14. The molecule has 1 aromatic carbocycles. The molecule has 0 aliphatic rings. The molecule has 0 N–H and O–H groups in total. The van der Waals surface area contributed by atoms with Crippen molar-refractivity contribution in [3.8, 4) is 6.07 Å². The smallest absolute Gasteiger partial charge is 0.0992 e. The lowest BCUT2D eigenvalue weighted by molar-refractivity contribution is 0.884. The number of benzene rings is 1. The fraction of sp³-hybridized carbons (Fsp3) is 0.143. The highest BCUT2D eigenvalue weighted by atomic mass is 79.9. The van der Waals surface area contributed by atoms with E-state index in [1.54, 1.807) is 12.3 Å². The van der Waals surface area contributed by atoms with Crippen molar-refractivity contribution >= 4 is 21.6 Å². The van der Waals surface area contributed by atoms with Gasteiger partial charge in [0.2, 0.25) is 0 Å². The van der Waals surface area contributed by atoms with E-state index in [1.807, 2.05) is 37.4 Å². The predicted octanol–water partition coefficient (Wildman–Crippen LogP) is 3.35. The molecule has 1 aromatic heterocycles. The van der Waals surface area contributed by atoms with E-state index in [1.165, 1.54) is 0 Å². The maximum Gasteiger partial charge on any atom is 0.0992 e. The molecule has 0 bridgehead atoms. The van der Waals surface area contributed by atoms with Crippen LogP contribution in [0.1, 0.15) is 11.3 Å². The molecule has 0 atom stereocenters. The Hall–Kier alpha value is -1.86. The molecule has 1 heterocycles. The zero-order valence-electron chi connectivity index (χ0n) is 9.97. The third-order valence-corrected chi connectivity index (χ3v) is 3.07. The van der Waals surface area contributed by atoms with Gasteiger partial charge in [-0.1, -0.05) is 6.07 Å². The lowest BCUT2D eigenvalue weighted by Crippen LogP contribution is -2.17. The number of hydrogen-bond donors (Lipinski definition) is 0. The minimum atomic E-state index is 0.670. The molecule has 0 radical (unpaired) electrons. The van der Waals surface area contributed by atoms with E-state index in [2.05, 4.69) is 31.9 Å². The number of aromatic nitrogens is 1. The zero-order valence-corrected chi connectivity index (χ0v) is 11.6. The first kappa shape index (κ1) is 12.6. The van der Waals surface area contributed by atoms with Gasteiger partial charge in [0.05, 0.1) is 23.9 Å². The van der Waals surface area contributed by atoms with Gasteiger partial charge in [-0.05, 0) is 46.3 Å². The van der Waals surface area contributed by atoms with Gasteiger partial charge >= 0.3 is 0 Å². The molecule has 2 rings (SSSR count). The summed E-state index contributed by atoms with van der Waals surface area (Å²) in [5, 5.41) is 8.88. The van der Waals surface area contributed by atoms with E-state index < -0.39 is 0 Å². The number of pyridine rings is 1. The van der Waals surface area contributed by atoms with E-state index in [0.717, 1.165) is 15.9 Å². The maximum absolute atomic E-state index is 8.88. The normalized spacial score (nSPS) is 9.83. The fourth-order valence-electron chi connectivity index (χ4n) is 1.65. The molecule has 18 heavy (non-hydrogen) atoms. The Kier molecular flexibility index (Phi) is 3.96. The van der Waals surface area contributed by atoms with E-state index in [-0.39, 0.29) is 0 Å². The second-order valence-corrected chi connectivity index (χ2v) is 4.90. The van der Waals surface area contributed by atoms with Crippen LogP contribution in [0.5, 0.6) is 0 Å². The zero-order chi connectivity index (χ0) is 13.0. The van der Waals surface area contributed by atoms with E-state index in [0.29, 0.717) is 12.1 Å². The maximum atomic E-state index is 8.88. The minimum absolute atomic E-state index is 0.670. The van der Waals surface area contributed by atoms with Crippen LogP contribution in [0.25, 0.3) is 0 Å². The first-order chi connectivity index (χ1) is 8.69. The van der Waals surface area contributed by atoms with Gasteiger partial charge in [0.25, 0.3) is 0 Å². The predicted molar refractivity (Wildman–Crippen MR) is 75.2 cm³/mol. The van der Waals surface area contributed by atoms with Gasteiger partial charge in [-0.2, -0.15) is 5.26 Å². The van der Waals surface area contributed by atoms with Gasteiger partial charge in [0.1, 0.15) is 0 Å². The molecule has 0 saturated heterocycles. The Morgan fingerprint density at radius 1 is 1.33 bits per heavy atom. The van der Waals surface area contributed by atoms with Crippen LogP contribution < -0.4 is 4.90 Å². The van der Waals surface area contributed by atoms with Crippen molar-refractivity contribution in [2.24, 2.45) is 0 Å². The van der Waals surface area contributed by atoms with Crippen LogP contribution in [0.15, 0.2) is 47.1 Å². The van der Waals surface area contributed by atoms with Crippen LogP contribution in [0.3, 0.4) is 0 Å². The van der Waals surface area contributed by atoms with Crippen LogP contribution >= 0.6 is 15.9 Å². The molecule has 0 fully saturated rings. The molecule has 3 nitrogen and oxygen atoms in total. The van der Waals surface area contributed by atoms with Crippen molar-refractivity contribution in [2.45, 2.75) is 6.54 Å². The Labute approximate surface area is 115 Å². The van der Waals surface area contributed by atoms with E-state index >= 15 is 0 Å². The summed E-state index contributed by atoms with van der Waals surface area (Å²) in [4.78, 5) is 6.40. The van der Waals surface area contributed by atoms with Crippen molar-refractivity contribution in [1.82, 2.24) is 4.98 Å². The summed E-state index contributed by atoms with van der Waals surface area (Å²) in [6.45, 7) is 0.710. The average molecular weight is 302 g/mol. The Morgan fingerprint density at radius 3 is 2.83 bits per heavy atom. The molecule has 4 heteroatoms. The number of anilines is 1. The van der Waals surface area contributed by atoms with Gasteiger partial charge in [-0.3, -0.25) is 4.98 Å². The first-order valence-electron chi connectivity index (χ1n) is 5.51. The van der Waals surface area contributed by atoms with Crippen LogP contribution in [0, 0.1) is 11.3 Å². The lowest BCUT2D eigenvalue weighted by atomic mass is 10.2.